The van der Waals surface area contributed by atoms with Crippen LogP contribution >= 0.6 is 15.9 Å². The third-order valence-electron chi connectivity index (χ3n) is 5.92. The van der Waals surface area contributed by atoms with E-state index >= 15 is 0 Å². The van der Waals surface area contributed by atoms with E-state index in [1.807, 2.05) is 12.1 Å². The Morgan fingerprint density at radius 3 is 2.50 bits per heavy atom. The molecule has 4 nitrogen and oxygen atoms in total. The van der Waals surface area contributed by atoms with Crippen molar-refractivity contribution in [3.05, 3.63) is 34.8 Å². The average Bonchev–Trinajstić information content (AvgIpc) is 2.68. The molecule has 0 saturated carbocycles. The quantitative estimate of drug-likeness (QED) is 0.725. The highest BCUT2D eigenvalue weighted by molar-refractivity contribution is 9.10. The summed E-state index contributed by atoms with van der Waals surface area (Å²) < 4.78 is 1.03. The minimum absolute atomic E-state index is 0.187. The Bertz CT molecular complexity index is 793. The molecule has 0 atom stereocenters. The Morgan fingerprint density at radius 2 is 1.77 bits per heavy atom. The van der Waals surface area contributed by atoms with Crippen molar-refractivity contribution in [2.45, 2.75) is 32.6 Å². The molecule has 2 aliphatic heterocycles. The molecule has 1 aromatic heterocycles. The first-order valence-corrected chi connectivity index (χ1v) is 10.5. The molecule has 0 N–H and O–H groups in total. The second kappa shape index (κ2) is 7.55. The number of aromatic nitrogens is 1. The summed E-state index contributed by atoms with van der Waals surface area (Å²) in [6.07, 6.45) is 4.17. The predicted octanol–water partition coefficient (Wildman–Crippen LogP) is 4.47. The molecule has 26 heavy (non-hydrogen) atoms. The molecule has 0 spiro atoms. The highest BCUT2D eigenvalue weighted by Gasteiger charge is 2.30. The van der Waals surface area contributed by atoms with Crippen LogP contribution in [0.3, 0.4) is 0 Å². The number of para-hydroxylation sites is 1. The number of halogens is 1. The number of anilines is 1. The number of likely N-dealkylation sites (tertiary alicyclic amines) is 1. The molecule has 2 aromatic rings. The van der Waals surface area contributed by atoms with E-state index in [9.17, 15) is 4.79 Å². The summed E-state index contributed by atoms with van der Waals surface area (Å²) in [6.45, 7) is 5.99. The number of rotatable bonds is 2. The van der Waals surface area contributed by atoms with Crippen LogP contribution in [0.2, 0.25) is 0 Å². The van der Waals surface area contributed by atoms with Crippen LogP contribution in [0.4, 0.5) is 5.82 Å². The van der Waals surface area contributed by atoms with Crippen molar-refractivity contribution in [2.75, 3.05) is 31.1 Å². The van der Waals surface area contributed by atoms with E-state index in [2.05, 4.69) is 50.9 Å². The second-order valence-corrected chi connectivity index (χ2v) is 8.60. The van der Waals surface area contributed by atoms with E-state index in [4.69, 9.17) is 4.98 Å². The maximum Gasteiger partial charge on any atom is 0.225 e. The monoisotopic (exact) mass is 415 g/mol. The van der Waals surface area contributed by atoms with E-state index in [1.165, 1.54) is 0 Å². The number of hydrogen-bond donors (Lipinski definition) is 0. The molecule has 2 fully saturated rings. The fraction of sp³-hybridized carbons (Fsp3) is 0.524. The lowest BCUT2D eigenvalue weighted by molar-refractivity contribution is -0.137. The van der Waals surface area contributed by atoms with Crippen molar-refractivity contribution in [1.82, 2.24) is 9.88 Å². The van der Waals surface area contributed by atoms with Crippen LogP contribution in [0.25, 0.3) is 10.9 Å². The Morgan fingerprint density at radius 1 is 1.04 bits per heavy atom. The zero-order chi connectivity index (χ0) is 18.1. The van der Waals surface area contributed by atoms with E-state index in [0.717, 1.165) is 79.0 Å². The molecule has 2 saturated heterocycles. The Hall–Kier alpha value is -1.62. The van der Waals surface area contributed by atoms with Gasteiger partial charge in [-0.15, -0.1) is 0 Å². The van der Waals surface area contributed by atoms with Crippen molar-refractivity contribution in [1.29, 1.82) is 0 Å². The van der Waals surface area contributed by atoms with Gasteiger partial charge in [0.2, 0.25) is 5.91 Å². The maximum absolute atomic E-state index is 12.8. The van der Waals surface area contributed by atoms with Crippen LogP contribution in [0.1, 0.15) is 32.6 Å². The Kier molecular flexibility index (Phi) is 5.16. The average molecular weight is 416 g/mol. The molecule has 4 rings (SSSR count). The molecule has 0 bridgehead atoms. The minimum atomic E-state index is 0.187. The maximum atomic E-state index is 12.8. The lowest BCUT2D eigenvalue weighted by Crippen LogP contribution is -2.45. The van der Waals surface area contributed by atoms with Gasteiger partial charge in [0.1, 0.15) is 5.82 Å². The van der Waals surface area contributed by atoms with Crippen LogP contribution in [-0.2, 0) is 4.79 Å². The van der Waals surface area contributed by atoms with Crippen molar-refractivity contribution >= 4 is 38.6 Å². The number of pyridine rings is 1. The molecular weight excluding hydrogens is 390 g/mol. The summed E-state index contributed by atoms with van der Waals surface area (Å²) in [6, 6.07) is 10.4. The molecule has 1 aromatic carbocycles. The number of carbonyl (C=O) groups is 1. The Labute approximate surface area is 163 Å². The highest BCUT2D eigenvalue weighted by Crippen LogP contribution is 2.28. The van der Waals surface area contributed by atoms with Crippen LogP contribution in [0.5, 0.6) is 0 Å². The molecule has 3 heterocycles. The van der Waals surface area contributed by atoms with E-state index in [0.29, 0.717) is 5.91 Å². The van der Waals surface area contributed by atoms with Crippen LogP contribution in [0.15, 0.2) is 34.8 Å². The normalized spacial score (nSPS) is 19.9. The third-order valence-corrected chi connectivity index (χ3v) is 6.56. The molecule has 0 unspecified atom stereocenters. The van der Waals surface area contributed by atoms with E-state index in [-0.39, 0.29) is 5.92 Å². The zero-order valence-corrected chi connectivity index (χ0v) is 16.9. The number of hydrogen-bond acceptors (Lipinski definition) is 3. The fourth-order valence-electron chi connectivity index (χ4n) is 4.12. The zero-order valence-electron chi connectivity index (χ0n) is 15.3. The number of amides is 1. The topological polar surface area (TPSA) is 36.4 Å². The SMILES string of the molecule is CC1CCN(C(=O)C2CCN(c3ccc4cccc(Br)c4n3)CC2)CC1. The van der Waals surface area contributed by atoms with Crippen LogP contribution in [0, 0.1) is 11.8 Å². The van der Waals surface area contributed by atoms with Gasteiger partial charge in [-0.05, 0) is 65.7 Å². The van der Waals surface area contributed by atoms with Gasteiger partial charge < -0.3 is 9.80 Å². The molecule has 0 aliphatic carbocycles. The van der Waals surface area contributed by atoms with E-state index < -0.39 is 0 Å². The molecule has 5 heteroatoms. The van der Waals surface area contributed by atoms with Gasteiger partial charge in [0.15, 0.2) is 0 Å². The highest BCUT2D eigenvalue weighted by atomic mass is 79.9. The minimum Gasteiger partial charge on any atom is -0.357 e. The third kappa shape index (κ3) is 3.59. The number of piperidine rings is 2. The van der Waals surface area contributed by atoms with Gasteiger partial charge in [-0.2, -0.15) is 0 Å². The number of nitrogens with zero attached hydrogens (tertiary/aromatic N) is 3. The lowest BCUT2D eigenvalue weighted by Gasteiger charge is -2.37. The Balaban J connectivity index is 1.40. The summed E-state index contributed by atoms with van der Waals surface area (Å²) in [5, 5.41) is 1.15. The molecule has 1 amide bonds. The first kappa shape index (κ1) is 17.8. The van der Waals surface area contributed by atoms with Gasteiger partial charge in [-0.3, -0.25) is 4.79 Å². The van der Waals surface area contributed by atoms with Crippen molar-refractivity contribution in [3.8, 4) is 0 Å². The van der Waals surface area contributed by atoms with Crippen molar-refractivity contribution < 1.29 is 4.79 Å². The van der Waals surface area contributed by atoms with Gasteiger partial charge in [0.05, 0.1) is 5.52 Å². The summed E-state index contributed by atoms with van der Waals surface area (Å²) >= 11 is 3.60. The smallest absolute Gasteiger partial charge is 0.225 e. The molecule has 138 valence electrons. The fourth-order valence-corrected chi connectivity index (χ4v) is 4.59. The van der Waals surface area contributed by atoms with Gasteiger partial charge in [0, 0.05) is 42.0 Å². The first-order chi connectivity index (χ1) is 12.6. The summed E-state index contributed by atoms with van der Waals surface area (Å²) in [7, 11) is 0. The molecule has 2 aliphatic rings. The van der Waals surface area contributed by atoms with Crippen molar-refractivity contribution in [2.24, 2.45) is 11.8 Å². The summed E-state index contributed by atoms with van der Waals surface area (Å²) in [5.74, 6) is 2.35. The van der Waals surface area contributed by atoms with Gasteiger partial charge in [-0.1, -0.05) is 19.1 Å². The number of benzene rings is 1. The van der Waals surface area contributed by atoms with Crippen molar-refractivity contribution in [3.63, 3.8) is 0 Å². The van der Waals surface area contributed by atoms with Gasteiger partial charge in [0.25, 0.3) is 0 Å². The summed E-state index contributed by atoms with van der Waals surface area (Å²) in [4.78, 5) is 22.1. The molecular formula is C21H26BrN3O. The lowest BCUT2D eigenvalue weighted by atomic mass is 9.92. The van der Waals surface area contributed by atoms with Crippen LogP contribution < -0.4 is 4.90 Å². The second-order valence-electron chi connectivity index (χ2n) is 7.75. The van der Waals surface area contributed by atoms with Gasteiger partial charge in [-0.25, -0.2) is 4.98 Å². The number of carbonyl (C=O) groups excluding carboxylic acids is 1. The van der Waals surface area contributed by atoms with Crippen LogP contribution in [-0.4, -0.2) is 42.0 Å². The summed E-state index contributed by atoms with van der Waals surface area (Å²) in [5.41, 5.74) is 1.01. The number of fused-ring (bicyclic) bond motifs is 1. The predicted molar refractivity (Wildman–Crippen MR) is 109 cm³/mol. The standard InChI is InChI=1S/C21H26BrN3O/c1-15-7-11-25(12-8-15)21(26)17-9-13-24(14-10-17)19-6-5-16-3-2-4-18(22)20(16)23-19/h2-6,15,17H,7-14H2,1H3. The van der Waals surface area contributed by atoms with E-state index in [1.54, 1.807) is 0 Å². The molecule has 0 radical (unpaired) electrons. The largest absolute Gasteiger partial charge is 0.357 e. The first-order valence-electron chi connectivity index (χ1n) is 9.71. The van der Waals surface area contributed by atoms with Gasteiger partial charge >= 0.3 is 0 Å².